The zero-order valence-corrected chi connectivity index (χ0v) is 17.3. The Kier molecular flexibility index (Phi) is 5.42. The monoisotopic (exact) mass is 418 g/mol. The molecule has 31 heavy (non-hydrogen) atoms. The summed E-state index contributed by atoms with van der Waals surface area (Å²) in [5, 5.41) is 0.774. The van der Waals surface area contributed by atoms with E-state index < -0.39 is 18.0 Å². The number of H-pyrrole nitrogens is 1. The van der Waals surface area contributed by atoms with Crippen LogP contribution in [0.4, 0.5) is 0 Å². The summed E-state index contributed by atoms with van der Waals surface area (Å²) in [5.74, 6) is -1.71. The van der Waals surface area contributed by atoms with Crippen LogP contribution in [0.1, 0.15) is 45.3 Å². The molecule has 0 radical (unpaired) electrons. The zero-order chi connectivity index (χ0) is 22.1. The van der Waals surface area contributed by atoms with Gasteiger partial charge in [-0.05, 0) is 31.5 Å². The molecule has 2 heterocycles. The molecule has 0 aliphatic carbocycles. The molecular formula is C24H22N2O5. The van der Waals surface area contributed by atoms with Crippen LogP contribution in [0.3, 0.4) is 0 Å². The Labute approximate surface area is 179 Å². The van der Waals surface area contributed by atoms with Gasteiger partial charge in [0.1, 0.15) is 0 Å². The molecule has 7 heteroatoms. The van der Waals surface area contributed by atoms with Gasteiger partial charge in [0.2, 0.25) is 11.7 Å². The van der Waals surface area contributed by atoms with E-state index in [1.807, 2.05) is 24.3 Å². The van der Waals surface area contributed by atoms with Gasteiger partial charge in [-0.2, -0.15) is 0 Å². The first-order valence-electron chi connectivity index (χ1n) is 10.1. The number of nitrogens with one attached hydrogen (secondary N) is 1. The number of nitrogens with zero attached hydrogens (tertiary/aromatic N) is 1. The van der Waals surface area contributed by atoms with Crippen LogP contribution < -0.4 is 0 Å². The molecule has 0 fully saturated rings. The lowest BCUT2D eigenvalue weighted by Gasteiger charge is -2.26. The minimum Gasteiger partial charge on any atom is -0.454 e. The summed E-state index contributed by atoms with van der Waals surface area (Å²) >= 11 is 0. The minimum atomic E-state index is -0.987. The molecule has 3 aromatic rings. The van der Waals surface area contributed by atoms with Crippen LogP contribution in [-0.2, 0) is 20.7 Å². The van der Waals surface area contributed by atoms with Gasteiger partial charge in [0.15, 0.2) is 6.10 Å². The number of ketones is 1. The number of hydrogen-bond acceptors (Lipinski definition) is 5. The highest BCUT2D eigenvalue weighted by atomic mass is 16.5. The standard InChI is InChI=1S/C24H22N2O5/c1-14-22(18-9-5-6-10-19(18)25-14)23(29)15(2)31-21(28)11-12-26-20(27)13-16-7-3-4-8-17(16)24(26)30/h3-10,15,25H,11-13H2,1-2H3/t15-/m0/s1. The average Bonchev–Trinajstić information content (AvgIpc) is 3.08. The molecule has 0 spiro atoms. The van der Waals surface area contributed by atoms with E-state index in [0.717, 1.165) is 15.8 Å². The maximum Gasteiger partial charge on any atom is 0.308 e. The predicted molar refractivity (Wildman–Crippen MR) is 114 cm³/mol. The molecule has 0 bridgehead atoms. The topological polar surface area (TPSA) is 96.5 Å². The number of ether oxygens (including phenoxy) is 1. The fourth-order valence-corrected chi connectivity index (χ4v) is 3.94. The molecule has 1 atom stereocenters. The van der Waals surface area contributed by atoms with Gasteiger partial charge in [-0.25, -0.2) is 0 Å². The quantitative estimate of drug-likeness (QED) is 0.377. The first-order valence-corrected chi connectivity index (χ1v) is 10.1. The van der Waals surface area contributed by atoms with Gasteiger partial charge in [0.25, 0.3) is 5.91 Å². The maximum absolute atomic E-state index is 12.9. The lowest BCUT2D eigenvalue weighted by molar-refractivity contribution is -0.146. The second-order valence-electron chi connectivity index (χ2n) is 7.60. The summed E-state index contributed by atoms with van der Waals surface area (Å²) in [4.78, 5) is 54.4. The van der Waals surface area contributed by atoms with Gasteiger partial charge in [0, 0.05) is 34.3 Å². The Bertz CT molecular complexity index is 1210. The Morgan fingerprint density at radius 1 is 1.10 bits per heavy atom. The molecule has 1 aliphatic rings. The van der Waals surface area contributed by atoms with Crippen molar-refractivity contribution in [2.75, 3.05) is 6.54 Å². The molecule has 0 saturated heterocycles. The fraction of sp³-hybridized carbons (Fsp3) is 0.250. The SMILES string of the molecule is Cc1[nH]c2ccccc2c1C(=O)[C@H](C)OC(=O)CCN1C(=O)Cc2ccccc2C1=O. The number of fused-ring (bicyclic) bond motifs is 2. The second-order valence-corrected chi connectivity index (χ2v) is 7.60. The third-order valence-corrected chi connectivity index (χ3v) is 5.49. The summed E-state index contributed by atoms with van der Waals surface area (Å²) in [6, 6.07) is 14.4. The van der Waals surface area contributed by atoms with Crippen molar-refractivity contribution in [3.8, 4) is 0 Å². The molecular weight excluding hydrogens is 396 g/mol. The number of benzene rings is 2. The largest absolute Gasteiger partial charge is 0.454 e. The van der Waals surface area contributed by atoms with Crippen molar-refractivity contribution >= 4 is 34.5 Å². The van der Waals surface area contributed by atoms with E-state index >= 15 is 0 Å². The van der Waals surface area contributed by atoms with Crippen LogP contribution in [0.15, 0.2) is 48.5 Å². The summed E-state index contributed by atoms with van der Waals surface area (Å²) in [6.45, 7) is 3.24. The smallest absolute Gasteiger partial charge is 0.308 e. The van der Waals surface area contributed by atoms with Crippen LogP contribution in [0.2, 0.25) is 0 Å². The van der Waals surface area contributed by atoms with E-state index in [9.17, 15) is 19.2 Å². The van der Waals surface area contributed by atoms with Crippen molar-refractivity contribution in [1.82, 2.24) is 9.88 Å². The predicted octanol–water partition coefficient (Wildman–Crippen LogP) is 3.21. The second kappa shape index (κ2) is 8.18. The third kappa shape index (κ3) is 3.86. The van der Waals surface area contributed by atoms with Gasteiger partial charge in [-0.15, -0.1) is 0 Å². The number of amides is 2. The van der Waals surface area contributed by atoms with E-state index in [1.165, 1.54) is 6.92 Å². The molecule has 1 N–H and O–H groups in total. The highest BCUT2D eigenvalue weighted by molar-refractivity contribution is 6.12. The van der Waals surface area contributed by atoms with Crippen LogP contribution in [0.25, 0.3) is 10.9 Å². The van der Waals surface area contributed by atoms with Crippen LogP contribution in [0, 0.1) is 6.92 Å². The number of imide groups is 1. The van der Waals surface area contributed by atoms with Gasteiger partial charge in [-0.3, -0.25) is 24.1 Å². The normalized spacial score (nSPS) is 14.5. The molecule has 7 nitrogen and oxygen atoms in total. The number of aromatic nitrogens is 1. The molecule has 2 amide bonds. The number of aryl methyl sites for hydroxylation is 1. The van der Waals surface area contributed by atoms with Gasteiger partial charge < -0.3 is 9.72 Å². The van der Waals surface area contributed by atoms with Crippen molar-refractivity contribution in [3.05, 3.63) is 70.9 Å². The number of Topliss-reactive ketones (excluding diaryl/α,β-unsaturated/α-hetero) is 1. The lowest BCUT2D eigenvalue weighted by Crippen LogP contribution is -2.43. The molecule has 2 aromatic carbocycles. The Balaban J connectivity index is 1.40. The summed E-state index contributed by atoms with van der Waals surface area (Å²) < 4.78 is 5.32. The van der Waals surface area contributed by atoms with Crippen molar-refractivity contribution in [2.45, 2.75) is 32.8 Å². The van der Waals surface area contributed by atoms with E-state index in [2.05, 4.69) is 4.98 Å². The van der Waals surface area contributed by atoms with Gasteiger partial charge in [-0.1, -0.05) is 36.4 Å². The van der Waals surface area contributed by atoms with E-state index in [4.69, 9.17) is 4.74 Å². The zero-order valence-electron chi connectivity index (χ0n) is 17.3. The molecule has 0 unspecified atom stereocenters. The highest BCUT2D eigenvalue weighted by Gasteiger charge is 2.31. The van der Waals surface area contributed by atoms with Crippen molar-refractivity contribution < 1.29 is 23.9 Å². The van der Waals surface area contributed by atoms with Crippen LogP contribution >= 0.6 is 0 Å². The van der Waals surface area contributed by atoms with Gasteiger partial charge in [0.05, 0.1) is 12.8 Å². The Hall–Kier alpha value is -3.74. The number of hydrogen-bond donors (Lipinski definition) is 1. The summed E-state index contributed by atoms with van der Waals surface area (Å²) in [6.07, 6.45) is -1.05. The first kappa shape index (κ1) is 20.5. The number of para-hydroxylation sites is 1. The number of aromatic amines is 1. The average molecular weight is 418 g/mol. The van der Waals surface area contributed by atoms with E-state index in [1.54, 1.807) is 31.2 Å². The number of esters is 1. The molecule has 158 valence electrons. The number of carbonyl (C=O) groups excluding carboxylic acids is 4. The first-order chi connectivity index (χ1) is 14.9. The number of carbonyl (C=O) groups is 4. The molecule has 1 aromatic heterocycles. The van der Waals surface area contributed by atoms with Gasteiger partial charge >= 0.3 is 5.97 Å². The number of rotatable bonds is 6. The van der Waals surface area contributed by atoms with Crippen molar-refractivity contribution in [3.63, 3.8) is 0 Å². The minimum absolute atomic E-state index is 0.0855. The van der Waals surface area contributed by atoms with Crippen molar-refractivity contribution in [2.24, 2.45) is 0 Å². The molecule has 0 saturated carbocycles. The van der Waals surface area contributed by atoms with Crippen LogP contribution in [-0.4, -0.2) is 46.1 Å². The molecule has 4 rings (SSSR count). The molecule has 1 aliphatic heterocycles. The Morgan fingerprint density at radius 2 is 1.81 bits per heavy atom. The Morgan fingerprint density at radius 3 is 2.61 bits per heavy atom. The van der Waals surface area contributed by atoms with E-state index in [-0.39, 0.29) is 31.1 Å². The summed E-state index contributed by atoms with van der Waals surface area (Å²) in [5.41, 5.74) is 3.19. The maximum atomic E-state index is 12.9. The fourth-order valence-electron chi connectivity index (χ4n) is 3.94. The van der Waals surface area contributed by atoms with E-state index in [0.29, 0.717) is 22.4 Å². The lowest BCUT2D eigenvalue weighted by atomic mass is 9.98. The van der Waals surface area contributed by atoms with Crippen LogP contribution in [0.5, 0.6) is 0 Å². The summed E-state index contributed by atoms with van der Waals surface area (Å²) in [7, 11) is 0. The third-order valence-electron chi connectivity index (χ3n) is 5.49. The highest BCUT2D eigenvalue weighted by Crippen LogP contribution is 2.24. The van der Waals surface area contributed by atoms with Crippen molar-refractivity contribution in [1.29, 1.82) is 0 Å².